The molecule has 0 spiro atoms. The Kier molecular flexibility index (Phi) is 6.24. The number of carbonyl (C=O) groups is 1. The fourth-order valence-corrected chi connectivity index (χ4v) is 3.97. The number of pyridine rings is 1. The largest absolute Gasteiger partial charge is 0.476 e. The highest BCUT2D eigenvalue weighted by Crippen LogP contribution is 2.38. The predicted molar refractivity (Wildman–Crippen MR) is 116 cm³/mol. The van der Waals surface area contributed by atoms with Gasteiger partial charge in [-0.3, -0.25) is 4.79 Å². The summed E-state index contributed by atoms with van der Waals surface area (Å²) in [6.07, 6.45) is 2.54. The first kappa shape index (κ1) is 22.7. The van der Waals surface area contributed by atoms with Gasteiger partial charge in [0.05, 0.1) is 25.7 Å². The van der Waals surface area contributed by atoms with Crippen molar-refractivity contribution in [1.29, 1.82) is 0 Å². The van der Waals surface area contributed by atoms with E-state index in [9.17, 15) is 13.6 Å². The van der Waals surface area contributed by atoms with E-state index >= 15 is 0 Å². The summed E-state index contributed by atoms with van der Waals surface area (Å²) < 4.78 is 32.6. The molecule has 1 N–H and O–H groups in total. The van der Waals surface area contributed by atoms with E-state index in [1.807, 2.05) is 0 Å². The lowest BCUT2D eigenvalue weighted by atomic mass is 10.0. The van der Waals surface area contributed by atoms with E-state index in [0.29, 0.717) is 36.4 Å². The summed E-state index contributed by atoms with van der Waals surface area (Å²) in [6, 6.07) is 2.92. The van der Waals surface area contributed by atoms with Gasteiger partial charge in [0.15, 0.2) is 6.17 Å². The molecule has 8 nitrogen and oxygen atoms in total. The van der Waals surface area contributed by atoms with Crippen LogP contribution in [0.2, 0.25) is 0 Å². The second-order valence-corrected chi connectivity index (χ2v) is 9.40. The zero-order valence-electron chi connectivity index (χ0n) is 19.0. The van der Waals surface area contributed by atoms with Crippen LogP contribution in [0.1, 0.15) is 50.5 Å². The third-order valence-electron chi connectivity index (χ3n) is 5.78. The van der Waals surface area contributed by atoms with Crippen LogP contribution in [-0.4, -0.2) is 66.7 Å². The van der Waals surface area contributed by atoms with Crippen molar-refractivity contribution in [2.45, 2.75) is 58.2 Å². The molecular weight excluding hydrogens is 420 g/mol. The number of ether oxygens (including phenoxy) is 1. The summed E-state index contributed by atoms with van der Waals surface area (Å²) in [7, 11) is 1.78. The Hall–Kier alpha value is -2.49. The summed E-state index contributed by atoms with van der Waals surface area (Å²) in [5.41, 5.74) is 0.680. The minimum Gasteiger partial charge on any atom is -0.476 e. The number of rotatable bonds is 9. The zero-order chi connectivity index (χ0) is 23.0. The lowest BCUT2D eigenvalue weighted by Gasteiger charge is -2.40. The van der Waals surface area contributed by atoms with Gasteiger partial charge in [-0.25, -0.2) is 18.8 Å². The molecule has 2 aliphatic heterocycles. The van der Waals surface area contributed by atoms with Crippen LogP contribution in [-0.2, 0) is 4.84 Å². The first-order valence-electron chi connectivity index (χ1n) is 11.1. The van der Waals surface area contributed by atoms with E-state index in [-0.39, 0.29) is 42.8 Å². The molecule has 0 radical (unpaired) electrons. The van der Waals surface area contributed by atoms with Gasteiger partial charge in [-0.1, -0.05) is 13.8 Å². The van der Waals surface area contributed by atoms with Crippen LogP contribution in [0.15, 0.2) is 17.1 Å². The maximum atomic E-state index is 13.4. The molecule has 10 heteroatoms. The topological polar surface area (TPSA) is 79.3 Å². The quantitative estimate of drug-likeness (QED) is 0.622. The highest BCUT2D eigenvalue weighted by molar-refractivity contribution is 5.93. The van der Waals surface area contributed by atoms with Gasteiger partial charge in [0.1, 0.15) is 11.4 Å². The Bertz CT molecular complexity index is 882. The Balaban J connectivity index is 1.51. The Labute approximate surface area is 186 Å². The number of halogens is 2. The second-order valence-electron chi connectivity index (χ2n) is 9.40. The average Bonchev–Trinajstić information content (AvgIpc) is 3.46. The minimum atomic E-state index is -2.71. The number of hydroxylamine groups is 2. The molecule has 0 bridgehead atoms. The number of hydrogen-bond donors (Lipinski definition) is 1. The third-order valence-corrected chi connectivity index (χ3v) is 5.78. The standard InChI is InChI=1S/C22H31F2N5O3/c1-13(2)9-17(19-25-14(3)32-28(19)4)26-20(30)16-7-8-18(29-11-22(23,24)12-29)21(27-16)31-10-15-5-6-15/h7-8,13,15,17,19H,5-6,9-12H2,1-4H3,(H,26,30). The molecule has 1 aromatic heterocycles. The molecule has 1 aliphatic carbocycles. The Morgan fingerprint density at radius 1 is 1.34 bits per heavy atom. The number of hydrogen-bond acceptors (Lipinski definition) is 7. The number of nitrogens with one attached hydrogen (secondary N) is 1. The molecular formula is C22H31F2N5O3. The van der Waals surface area contributed by atoms with Gasteiger partial charge in [-0.2, -0.15) is 0 Å². The first-order chi connectivity index (χ1) is 15.1. The molecule has 0 aromatic carbocycles. The number of nitrogens with zero attached hydrogens (tertiary/aromatic N) is 4. The summed E-state index contributed by atoms with van der Waals surface area (Å²) in [5, 5.41) is 4.66. The normalized spacial score (nSPS) is 23.4. The van der Waals surface area contributed by atoms with Gasteiger partial charge in [0, 0.05) is 14.0 Å². The summed E-state index contributed by atoms with van der Waals surface area (Å²) in [6.45, 7) is 5.65. The Morgan fingerprint density at radius 2 is 2.06 bits per heavy atom. The highest BCUT2D eigenvalue weighted by atomic mass is 19.3. The maximum absolute atomic E-state index is 13.4. The van der Waals surface area contributed by atoms with E-state index in [1.165, 1.54) is 4.90 Å². The molecule has 1 saturated heterocycles. The molecule has 1 aromatic rings. The number of aromatic nitrogens is 1. The zero-order valence-corrected chi connectivity index (χ0v) is 19.0. The lowest BCUT2D eigenvalue weighted by Crippen LogP contribution is -2.56. The molecule has 2 fully saturated rings. The average molecular weight is 452 g/mol. The van der Waals surface area contributed by atoms with Crippen molar-refractivity contribution in [2.24, 2.45) is 16.8 Å². The van der Waals surface area contributed by atoms with Crippen LogP contribution in [0.4, 0.5) is 14.5 Å². The van der Waals surface area contributed by atoms with Crippen LogP contribution in [0.25, 0.3) is 0 Å². The maximum Gasteiger partial charge on any atom is 0.282 e. The van der Waals surface area contributed by atoms with Gasteiger partial charge < -0.3 is 19.8 Å². The van der Waals surface area contributed by atoms with Crippen molar-refractivity contribution in [3.8, 4) is 5.88 Å². The smallest absolute Gasteiger partial charge is 0.282 e. The number of carbonyl (C=O) groups excluding carboxylic acids is 1. The van der Waals surface area contributed by atoms with E-state index in [0.717, 1.165) is 12.8 Å². The van der Waals surface area contributed by atoms with Gasteiger partial charge in [-0.05, 0) is 43.2 Å². The summed E-state index contributed by atoms with van der Waals surface area (Å²) in [5.74, 6) is -1.50. The molecule has 3 heterocycles. The van der Waals surface area contributed by atoms with Crippen LogP contribution >= 0.6 is 0 Å². The molecule has 2 unspecified atom stereocenters. The molecule has 2 atom stereocenters. The highest BCUT2D eigenvalue weighted by Gasteiger charge is 2.45. The second kappa shape index (κ2) is 8.80. The van der Waals surface area contributed by atoms with Gasteiger partial charge in [-0.15, -0.1) is 5.06 Å². The van der Waals surface area contributed by atoms with Crippen molar-refractivity contribution in [2.75, 3.05) is 31.6 Å². The number of alkyl halides is 2. The predicted octanol–water partition coefficient (Wildman–Crippen LogP) is 3.09. The fraction of sp³-hybridized carbons (Fsp3) is 0.682. The van der Waals surface area contributed by atoms with Crippen LogP contribution in [0, 0.1) is 11.8 Å². The molecule has 4 rings (SSSR count). The molecule has 32 heavy (non-hydrogen) atoms. The van der Waals surface area contributed by atoms with Crippen molar-refractivity contribution >= 4 is 17.5 Å². The molecule has 1 saturated carbocycles. The van der Waals surface area contributed by atoms with Gasteiger partial charge in [0.25, 0.3) is 11.8 Å². The third kappa shape index (κ3) is 5.28. The number of anilines is 1. The molecule has 176 valence electrons. The fourth-order valence-electron chi connectivity index (χ4n) is 3.97. The number of likely N-dealkylation sites (N-methyl/N-ethyl adjacent to an activating group) is 1. The molecule has 1 amide bonds. The Morgan fingerprint density at radius 3 is 2.62 bits per heavy atom. The van der Waals surface area contributed by atoms with Crippen molar-refractivity contribution in [1.82, 2.24) is 15.4 Å². The number of amides is 1. The van der Waals surface area contributed by atoms with Crippen molar-refractivity contribution in [3.63, 3.8) is 0 Å². The van der Waals surface area contributed by atoms with Crippen molar-refractivity contribution < 1.29 is 23.1 Å². The van der Waals surface area contributed by atoms with Gasteiger partial charge in [0.2, 0.25) is 11.8 Å². The molecule has 3 aliphatic rings. The van der Waals surface area contributed by atoms with Crippen LogP contribution < -0.4 is 15.0 Å². The minimum absolute atomic E-state index is 0.183. The van der Waals surface area contributed by atoms with Gasteiger partial charge >= 0.3 is 0 Å². The van der Waals surface area contributed by atoms with E-state index in [1.54, 1.807) is 31.2 Å². The van der Waals surface area contributed by atoms with Crippen LogP contribution in [0.5, 0.6) is 5.88 Å². The van der Waals surface area contributed by atoms with E-state index < -0.39 is 5.92 Å². The monoisotopic (exact) mass is 451 g/mol. The van der Waals surface area contributed by atoms with E-state index in [2.05, 4.69) is 29.1 Å². The summed E-state index contributed by atoms with van der Waals surface area (Å²) in [4.78, 5) is 29.0. The van der Waals surface area contributed by atoms with Crippen LogP contribution in [0.3, 0.4) is 0 Å². The first-order valence-corrected chi connectivity index (χ1v) is 11.1. The summed E-state index contributed by atoms with van der Waals surface area (Å²) >= 11 is 0. The van der Waals surface area contributed by atoms with Crippen molar-refractivity contribution in [3.05, 3.63) is 17.8 Å². The SMILES string of the molecule is CC1=NC(C(CC(C)C)NC(=O)c2ccc(N3CC(F)(F)C3)c(OCC3CC3)n2)N(C)O1. The van der Waals surface area contributed by atoms with E-state index in [4.69, 9.17) is 9.57 Å². The number of aliphatic imine (C=N–C) groups is 1. The lowest BCUT2D eigenvalue weighted by molar-refractivity contribution is -0.0678.